The lowest BCUT2D eigenvalue weighted by molar-refractivity contribution is -0.131. The van der Waals surface area contributed by atoms with Crippen LogP contribution in [0.1, 0.15) is 43.0 Å². The van der Waals surface area contributed by atoms with Crippen molar-refractivity contribution in [2.45, 2.75) is 38.0 Å². The first-order valence-corrected chi connectivity index (χ1v) is 10.7. The zero-order chi connectivity index (χ0) is 19.6. The molecule has 0 radical (unpaired) electrons. The second-order valence-electron chi connectivity index (χ2n) is 8.17. The third-order valence-corrected chi connectivity index (χ3v) is 6.21. The minimum absolute atomic E-state index is 0.216. The van der Waals surface area contributed by atoms with Crippen molar-refractivity contribution < 1.29 is 4.79 Å². The van der Waals surface area contributed by atoms with Gasteiger partial charge in [0.1, 0.15) is 0 Å². The van der Waals surface area contributed by atoms with Gasteiger partial charge in [0.05, 0.1) is 18.3 Å². The number of hydrogen-bond acceptors (Lipinski definition) is 4. The summed E-state index contributed by atoms with van der Waals surface area (Å²) in [5.41, 5.74) is 3.22. The first kappa shape index (κ1) is 18.2. The lowest BCUT2D eigenvalue weighted by Crippen LogP contribution is -2.39. The van der Waals surface area contributed by atoms with E-state index in [-0.39, 0.29) is 5.91 Å². The molecule has 6 heteroatoms. The van der Waals surface area contributed by atoms with Crippen LogP contribution in [-0.2, 0) is 11.2 Å². The van der Waals surface area contributed by atoms with Crippen molar-refractivity contribution in [1.82, 2.24) is 19.5 Å². The van der Waals surface area contributed by atoms with Crippen LogP contribution in [-0.4, -0.2) is 51.6 Å². The first-order valence-electron chi connectivity index (χ1n) is 10.7. The molecule has 5 rings (SSSR count). The van der Waals surface area contributed by atoms with Gasteiger partial charge in [-0.1, -0.05) is 30.3 Å². The van der Waals surface area contributed by atoms with Crippen LogP contribution in [0, 0.1) is 0 Å². The van der Waals surface area contributed by atoms with Crippen molar-refractivity contribution in [3.63, 3.8) is 0 Å². The summed E-state index contributed by atoms with van der Waals surface area (Å²) in [5.74, 6) is 1.46. The average molecular weight is 390 g/mol. The fourth-order valence-electron chi connectivity index (χ4n) is 4.49. The predicted octanol–water partition coefficient (Wildman–Crippen LogP) is 3.28. The monoisotopic (exact) mass is 389 g/mol. The quantitative estimate of drug-likeness (QED) is 0.687. The molecular formula is C23H27N5O. The Labute approximate surface area is 171 Å². The van der Waals surface area contributed by atoms with Crippen LogP contribution >= 0.6 is 0 Å². The minimum Gasteiger partial charge on any atom is -0.370 e. The normalized spacial score (nSPS) is 17.9. The lowest BCUT2D eigenvalue weighted by atomic mass is 9.95. The van der Waals surface area contributed by atoms with Crippen molar-refractivity contribution in [2.24, 2.45) is 0 Å². The smallest absolute Gasteiger partial charge is 0.226 e. The van der Waals surface area contributed by atoms with Gasteiger partial charge in [-0.05, 0) is 43.4 Å². The number of pyridine rings is 1. The molecule has 0 bridgehead atoms. The highest BCUT2D eigenvalue weighted by Crippen LogP contribution is 2.27. The zero-order valence-corrected chi connectivity index (χ0v) is 16.7. The molecule has 2 aromatic heterocycles. The van der Waals surface area contributed by atoms with Gasteiger partial charge in [0.2, 0.25) is 5.91 Å². The summed E-state index contributed by atoms with van der Waals surface area (Å²) in [6.07, 6.45) is 6.98. The van der Waals surface area contributed by atoms with Gasteiger partial charge in [-0.3, -0.25) is 4.79 Å². The second-order valence-corrected chi connectivity index (χ2v) is 8.17. The number of likely N-dealkylation sites (tertiary alicyclic amines) is 1. The number of benzene rings is 1. The number of amides is 1. The molecule has 0 atom stereocenters. The van der Waals surface area contributed by atoms with E-state index in [9.17, 15) is 4.79 Å². The molecule has 0 spiro atoms. The van der Waals surface area contributed by atoms with Crippen LogP contribution < -0.4 is 4.90 Å². The Balaban J connectivity index is 1.23. The van der Waals surface area contributed by atoms with E-state index in [1.807, 2.05) is 39.7 Å². The van der Waals surface area contributed by atoms with E-state index in [1.54, 1.807) is 0 Å². The molecule has 2 saturated heterocycles. The molecule has 0 unspecified atom stereocenters. The molecule has 1 amide bonds. The number of anilines is 1. The summed E-state index contributed by atoms with van der Waals surface area (Å²) in [4.78, 5) is 21.8. The van der Waals surface area contributed by atoms with Gasteiger partial charge in [-0.2, -0.15) is 5.10 Å². The van der Waals surface area contributed by atoms with E-state index in [0.29, 0.717) is 12.3 Å². The SMILES string of the molecule is O=C(Cc1ccccc1)N1CCC(c2nc3ccc(N4CCCC4)cn3n2)CC1. The van der Waals surface area contributed by atoms with Crippen molar-refractivity contribution in [2.75, 3.05) is 31.1 Å². The van der Waals surface area contributed by atoms with Gasteiger partial charge < -0.3 is 9.80 Å². The maximum atomic E-state index is 12.6. The van der Waals surface area contributed by atoms with Gasteiger partial charge in [-0.15, -0.1) is 0 Å². The van der Waals surface area contributed by atoms with Gasteiger partial charge in [0.15, 0.2) is 11.5 Å². The van der Waals surface area contributed by atoms with Gasteiger partial charge >= 0.3 is 0 Å². The molecule has 2 fully saturated rings. The Hall–Kier alpha value is -2.89. The Kier molecular flexibility index (Phi) is 4.92. The number of rotatable bonds is 4. The summed E-state index contributed by atoms with van der Waals surface area (Å²) in [5, 5.41) is 4.78. The van der Waals surface area contributed by atoms with Crippen molar-refractivity contribution in [3.8, 4) is 0 Å². The minimum atomic E-state index is 0.216. The Bertz CT molecular complexity index is 985. The highest BCUT2D eigenvalue weighted by atomic mass is 16.2. The average Bonchev–Trinajstić information content (AvgIpc) is 3.44. The third-order valence-electron chi connectivity index (χ3n) is 6.21. The standard InChI is InChI=1S/C23H27N5O/c29-22(16-18-6-2-1-3-7-18)27-14-10-19(11-15-27)23-24-21-9-8-20(17-28(21)25-23)26-12-4-5-13-26/h1-3,6-9,17,19H,4-5,10-16H2. The Morgan fingerprint density at radius 2 is 1.72 bits per heavy atom. The Morgan fingerprint density at radius 1 is 0.966 bits per heavy atom. The third kappa shape index (κ3) is 3.84. The van der Waals surface area contributed by atoms with E-state index in [0.717, 1.165) is 56.1 Å². The van der Waals surface area contributed by atoms with E-state index in [4.69, 9.17) is 10.1 Å². The van der Waals surface area contributed by atoms with Crippen molar-refractivity contribution >= 4 is 17.2 Å². The highest BCUT2D eigenvalue weighted by Gasteiger charge is 2.26. The number of hydrogen-bond donors (Lipinski definition) is 0. The Morgan fingerprint density at radius 3 is 2.48 bits per heavy atom. The van der Waals surface area contributed by atoms with Crippen LogP contribution in [0.2, 0.25) is 0 Å². The summed E-state index contributed by atoms with van der Waals surface area (Å²) in [6, 6.07) is 14.2. The van der Waals surface area contributed by atoms with Crippen LogP contribution in [0.5, 0.6) is 0 Å². The largest absolute Gasteiger partial charge is 0.370 e. The first-order chi connectivity index (χ1) is 14.3. The molecule has 29 heavy (non-hydrogen) atoms. The molecule has 2 aliphatic rings. The highest BCUT2D eigenvalue weighted by molar-refractivity contribution is 5.78. The van der Waals surface area contributed by atoms with Gasteiger partial charge in [-0.25, -0.2) is 9.50 Å². The zero-order valence-electron chi connectivity index (χ0n) is 16.7. The number of piperidine rings is 1. The molecule has 1 aromatic carbocycles. The van der Waals surface area contributed by atoms with Crippen molar-refractivity contribution in [3.05, 3.63) is 60.0 Å². The summed E-state index contributed by atoms with van der Waals surface area (Å²) < 4.78 is 1.93. The van der Waals surface area contributed by atoms with Gasteiger partial charge in [0, 0.05) is 32.1 Å². The molecular weight excluding hydrogens is 362 g/mol. The molecule has 0 N–H and O–H groups in total. The van der Waals surface area contributed by atoms with E-state index in [2.05, 4.69) is 23.2 Å². The van der Waals surface area contributed by atoms with Crippen molar-refractivity contribution in [1.29, 1.82) is 0 Å². The molecule has 4 heterocycles. The fourth-order valence-corrected chi connectivity index (χ4v) is 4.49. The van der Waals surface area contributed by atoms with Crippen LogP contribution in [0.4, 0.5) is 5.69 Å². The summed E-state index contributed by atoms with van der Waals surface area (Å²) in [6.45, 7) is 3.82. The lowest BCUT2D eigenvalue weighted by Gasteiger charge is -2.30. The van der Waals surface area contributed by atoms with Crippen LogP contribution in [0.15, 0.2) is 48.7 Å². The number of fused-ring (bicyclic) bond motifs is 1. The maximum Gasteiger partial charge on any atom is 0.226 e. The number of carbonyl (C=O) groups excluding carboxylic acids is 1. The molecule has 2 aliphatic heterocycles. The number of nitrogens with zero attached hydrogens (tertiary/aromatic N) is 5. The summed E-state index contributed by atoms with van der Waals surface area (Å²) >= 11 is 0. The topological polar surface area (TPSA) is 53.7 Å². The van der Waals surface area contributed by atoms with Crippen LogP contribution in [0.3, 0.4) is 0 Å². The molecule has 6 nitrogen and oxygen atoms in total. The summed E-state index contributed by atoms with van der Waals surface area (Å²) in [7, 11) is 0. The second kappa shape index (κ2) is 7.85. The number of carbonyl (C=O) groups is 1. The fraction of sp³-hybridized carbons (Fsp3) is 0.435. The molecule has 150 valence electrons. The van der Waals surface area contributed by atoms with E-state index >= 15 is 0 Å². The molecule has 0 saturated carbocycles. The van der Waals surface area contributed by atoms with Gasteiger partial charge in [0.25, 0.3) is 0 Å². The van der Waals surface area contributed by atoms with Crippen LogP contribution in [0.25, 0.3) is 5.65 Å². The predicted molar refractivity (Wildman–Crippen MR) is 113 cm³/mol. The van der Waals surface area contributed by atoms with E-state index < -0.39 is 0 Å². The molecule has 3 aromatic rings. The van der Waals surface area contributed by atoms with E-state index in [1.165, 1.54) is 18.5 Å². The maximum absolute atomic E-state index is 12.6. The molecule has 0 aliphatic carbocycles. The number of aromatic nitrogens is 3.